The van der Waals surface area contributed by atoms with E-state index in [-0.39, 0.29) is 11.7 Å². The van der Waals surface area contributed by atoms with Crippen LogP contribution < -0.4 is 0 Å². The van der Waals surface area contributed by atoms with Crippen molar-refractivity contribution in [1.82, 2.24) is 10.1 Å². The molecule has 0 radical (unpaired) electrons. The minimum Gasteiger partial charge on any atom is -0.351 e. The maximum absolute atomic E-state index is 12.0. The maximum Gasteiger partial charge on any atom is 0.292 e. The number of amides is 1. The van der Waals surface area contributed by atoms with Crippen LogP contribution in [-0.2, 0) is 0 Å². The third kappa shape index (κ3) is 3.55. The first-order valence-electron chi connectivity index (χ1n) is 6.07. The van der Waals surface area contributed by atoms with E-state index in [1.54, 1.807) is 24.9 Å². The zero-order valence-electron chi connectivity index (χ0n) is 11.0. The predicted octanol–water partition coefficient (Wildman–Crippen LogP) is 2.77. The van der Waals surface area contributed by atoms with Crippen LogP contribution in [-0.4, -0.2) is 29.6 Å². The highest BCUT2D eigenvalue weighted by Gasteiger charge is 2.15. The van der Waals surface area contributed by atoms with Gasteiger partial charge in [-0.1, -0.05) is 47.6 Å². The number of hydrogen-bond donors (Lipinski definition) is 0. The van der Waals surface area contributed by atoms with Crippen molar-refractivity contribution in [2.75, 3.05) is 13.6 Å². The number of aryl methyl sites for hydroxylation is 1. The first kappa shape index (κ1) is 13.1. The minimum absolute atomic E-state index is 0.168. The fourth-order valence-corrected chi connectivity index (χ4v) is 1.65. The number of hydrogen-bond acceptors (Lipinski definition) is 3. The lowest BCUT2D eigenvalue weighted by molar-refractivity contribution is 0.0769. The van der Waals surface area contributed by atoms with E-state index in [2.05, 4.69) is 5.16 Å². The Morgan fingerprint density at radius 1 is 1.37 bits per heavy atom. The van der Waals surface area contributed by atoms with Crippen molar-refractivity contribution in [2.24, 2.45) is 0 Å². The highest BCUT2D eigenvalue weighted by molar-refractivity contribution is 5.91. The highest BCUT2D eigenvalue weighted by Crippen LogP contribution is 2.06. The molecule has 0 fully saturated rings. The van der Waals surface area contributed by atoms with Gasteiger partial charge in [0.05, 0.1) is 5.69 Å². The molecule has 0 atom stereocenters. The summed E-state index contributed by atoms with van der Waals surface area (Å²) in [5, 5.41) is 3.71. The summed E-state index contributed by atoms with van der Waals surface area (Å²) in [6, 6.07) is 11.6. The summed E-state index contributed by atoms with van der Waals surface area (Å²) < 4.78 is 4.95. The van der Waals surface area contributed by atoms with Crippen LogP contribution in [0.2, 0.25) is 0 Å². The number of carbonyl (C=O) groups is 1. The molecule has 0 bridgehead atoms. The lowest BCUT2D eigenvalue weighted by atomic mass is 10.2. The van der Waals surface area contributed by atoms with Gasteiger partial charge in [0.1, 0.15) is 0 Å². The molecular formula is C15H16N2O2. The van der Waals surface area contributed by atoms with Crippen LogP contribution in [0.15, 0.2) is 47.0 Å². The third-order valence-corrected chi connectivity index (χ3v) is 2.67. The molecule has 1 aromatic heterocycles. The molecule has 0 aliphatic carbocycles. The number of benzene rings is 1. The lowest BCUT2D eigenvalue weighted by Gasteiger charge is -2.12. The van der Waals surface area contributed by atoms with Gasteiger partial charge in [0.2, 0.25) is 5.76 Å². The molecule has 1 aromatic carbocycles. The van der Waals surface area contributed by atoms with Crippen LogP contribution in [0.5, 0.6) is 0 Å². The standard InChI is InChI=1S/C15H16N2O2/c1-12-11-14(19-16-12)15(18)17(2)10-6-9-13-7-4-3-5-8-13/h3-9,11H,10H2,1-2H3. The van der Waals surface area contributed by atoms with Crippen molar-refractivity contribution in [3.63, 3.8) is 0 Å². The molecule has 19 heavy (non-hydrogen) atoms. The minimum atomic E-state index is -0.168. The molecule has 1 amide bonds. The molecule has 2 aromatic rings. The van der Waals surface area contributed by atoms with Crippen molar-refractivity contribution >= 4 is 12.0 Å². The van der Waals surface area contributed by atoms with Crippen molar-refractivity contribution in [2.45, 2.75) is 6.92 Å². The summed E-state index contributed by atoms with van der Waals surface area (Å²) in [7, 11) is 1.73. The van der Waals surface area contributed by atoms with Crippen LogP contribution in [0, 0.1) is 6.92 Å². The zero-order valence-corrected chi connectivity index (χ0v) is 11.0. The Morgan fingerprint density at radius 3 is 2.74 bits per heavy atom. The van der Waals surface area contributed by atoms with E-state index in [1.165, 1.54) is 0 Å². The van der Waals surface area contributed by atoms with Gasteiger partial charge in [0.15, 0.2) is 0 Å². The molecular weight excluding hydrogens is 240 g/mol. The maximum atomic E-state index is 12.0. The van der Waals surface area contributed by atoms with Gasteiger partial charge in [-0.15, -0.1) is 0 Å². The van der Waals surface area contributed by atoms with E-state index >= 15 is 0 Å². The van der Waals surface area contributed by atoms with Crippen molar-refractivity contribution < 1.29 is 9.32 Å². The van der Waals surface area contributed by atoms with Gasteiger partial charge >= 0.3 is 0 Å². The predicted molar refractivity (Wildman–Crippen MR) is 73.7 cm³/mol. The summed E-state index contributed by atoms with van der Waals surface area (Å²) in [5.41, 5.74) is 1.82. The van der Waals surface area contributed by atoms with Gasteiger partial charge in [0, 0.05) is 19.7 Å². The first-order chi connectivity index (χ1) is 9.16. The second kappa shape index (κ2) is 6.00. The highest BCUT2D eigenvalue weighted by atomic mass is 16.5. The second-order valence-electron chi connectivity index (χ2n) is 4.33. The smallest absolute Gasteiger partial charge is 0.292 e. The quantitative estimate of drug-likeness (QED) is 0.845. The molecule has 4 nitrogen and oxygen atoms in total. The summed E-state index contributed by atoms with van der Waals surface area (Å²) in [5.74, 6) is 0.103. The van der Waals surface area contributed by atoms with Crippen molar-refractivity contribution in [3.05, 3.63) is 59.5 Å². The second-order valence-corrected chi connectivity index (χ2v) is 4.33. The monoisotopic (exact) mass is 256 g/mol. The van der Waals surface area contributed by atoms with E-state index in [4.69, 9.17) is 4.52 Å². The Morgan fingerprint density at radius 2 is 2.11 bits per heavy atom. The van der Waals surface area contributed by atoms with Gasteiger partial charge < -0.3 is 9.42 Å². The van der Waals surface area contributed by atoms with Crippen LogP contribution in [0.25, 0.3) is 6.08 Å². The number of carbonyl (C=O) groups excluding carboxylic acids is 1. The van der Waals surface area contributed by atoms with Gasteiger partial charge in [-0.05, 0) is 12.5 Å². The number of likely N-dealkylation sites (N-methyl/N-ethyl adjacent to an activating group) is 1. The molecule has 1 heterocycles. The number of nitrogens with zero attached hydrogens (tertiary/aromatic N) is 2. The van der Waals surface area contributed by atoms with Crippen LogP contribution >= 0.6 is 0 Å². The lowest BCUT2D eigenvalue weighted by Crippen LogP contribution is -2.26. The normalized spacial score (nSPS) is 10.8. The Bertz CT molecular complexity index is 573. The fraction of sp³-hybridized carbons (Fsp3) is 0.200. The first-order valence-corrected chi connectivity index (χ1v) is 6.07. The number of rotatable bonds is 4. The molecule has 0 unspecified atom stereocenters. The molecule has 0 N–H and O–H groups in total. The molecule has 0 spiro atoms. The number of aromatic nitrogens is 1. The molecule has 0 aliphatic rings. The van der Waals surface area contributed by atoms with E-state index in [1.807, 2.05) is 42.5 Å². The van der Waals surface area contributed by atoms with E-state index < -0.39 is 0 Å². The van der Waals surface area contributed by atoms with E-state index in [0.717, 1.165) is 5.56 Å². The largest absolute Gasteiger partial charge is 0.351 e. The summed E-state index contributed by atoms with van der Waals surface area (Å²) in [4.78, 5) is 13.5. The Labute approximate surface area is 112 Å². The van der Waals surface area contributed by atoms with Gasteiger partial charge in [0.25, 0.3) is 5.91 Å². The average molecular weight is 256 g/mol. The Balaban J connectivity index is 1.93. The van der Waals surface area contributed by atoms with E-state index in [0.29, 0.717) is 12.2 Å². The van der Waals surface area contributed by atoms with Gasteiger partial charge in [-0.2, -0.15) is 0 Å². The van der Waals surface area contributed by atoms with Crippen LogP contribution in [0.1, 0.15) is 21.8 Å². The average Bonchev–Trinajstić information content (AvgIpc) is 2.85. The topological polar surface area (TPSA) is 46.3 Å². The fourth-order valence-electron chi connectivity index (χ4n) is 1.65. The SMILES string of the molecule is Cc1cc(C(=O)N(C)CC=Cc2ccccc2)on1. The van der Waals surface area contributed by atoms with Gasteiger partial charge in [-0.25, -0.2) is 0 Å². The molecule has 0 saturated carbocycles. The van der Waals surface area contributed by atoms with E-state index in [9.17, 15) is 4.79 Å². The van der Waals surface area contributed by atoms with Crippen LogP contribution in [0.4, 0.5) is 0 Å². The van der Waals surface area contributed by atoms with Gasteiger partial charge in [-0.3, -0.25) is 4.79 Å². The summed E-state index contributed by atoms with van der Waals surface area (Å²) in [6.45, 7) is 2.31. The Hall–Kier alpha value is -2.36. The molecule has 0 aliphatic heterocycles. The molecule has 2 rings (SSSR count). The molecule has 4 heteroatoms. The summed E-state index contributed by atoms with van der Waals surface area (Å²) in [6.07, 6.45) is 3.92. The Kier molecular flexibility index (Phi) is 4.13. The molecule has 0 saturated heterocycles. The third-order valence-electron chi connectivity index (χ3n) is 2.67. The van der Waals surface area contributed by atoms with Crippen molar-refractivity contribution in [1.29, 1.82) is 0 Å². The van der Waals surface area contributed by atoms with Crippen LogP contribution in [0.3, 0.4) is 0 Å². The van der Waals surface area contributed by atoms with Crippen molar-refractivity contribution in [3.8, 4) is 0 Å². The molecule has 98 valence electrons. The zero-order chi connectivity index (χ0) is 13.7. The summed E-state index contributed by atoms with van der Waals surface area (Å²) >= 11 is 0.